The lowest BCUT2D eigenvalue weighted by atomic mass is 9.82. The third-order valence-electron chi connectivity index (χ3n) is 4.87. The number of aromatic nitrogens is 2. The van der Waals surface area contributed by atoms with Crippen molar-refractivity contribution in [2.45, 2.75) is 58.3 Å². The molecule has 1 aliphatic heterocycles. The van der Waals surface area contributed by atoms with Crippen LogP contribution in [-0.2, 0) is 22.3 Å². The fourth-order valence-corrected chi connectivity index (χ4v) is 2.69. The number of rotatable bonds is 5. The molecule has 0 unspecified atom stereocenters. The number of hydrogen-bond acceptors (Lipinski definition) is 3. The summed E-state index contributed by atoms with van der Waals surface area (Å²) in [5.74, 6) is 0. The minimum Gasteiger partial charge on any atom is -0.399 e. The minimum absolute atomic E-state index is 0.312. The summed E-state index contributed by atoms with van der Waals surface area (Å²) in [4.78, 5) is 0. The smallest absolute Gasteiger partial charge is 0.399 e. The molecule has 0 amide bonds. The Kier molecular flexibility index (Phi) is 4.34. The van der Waals surface area contributed by atoms with Crippen molar-refractivity contribution < 1.29 is 9.31 Å². The Hall–Kier alpha value is -1.59. The molecule has 1 fully saturated rings. The van der Waals surface area contributed by atoms with Gasteiger partial charge in [-0.2, -0.15) is 5.10 Å². The summed E-state index contributed by atoms with van der Waals surface area (Å²) in [5.41, 5.74) is 1.73. The van der Waals surface area contributed by atoms with Gasteiger partial charge in [-0.15, -0.1) is 0 Å². The Labute approximate surface area is 138 Å². The standard InChI is InChI=1S/C18H25BN2O2/c1-17(2)18(3,4)23-19(22-17)16-13-20-21(14-16)12-8-11-15-9-6-5-7-10-15/h5-7,9-10,13-14H,8,11-12H2,1-4H3. The highest BCUT2D eigenvalue weighted by Crippen LogP contribution is 2.36. The number of nitrogens with zero attached hydrogens (tertiary/aromatic N) is 2. The Balaban J connectivity index is 1.57. The van der Waals surface area contributed by atoms with Crippen LogP contribution < -0.4 is 5.46 Å². The molecule has 0 spiro atoms. The van der Waals surface area contributed by atoms with Crippen molar-refractivity contribution >= 4 is 12.6 Å². The van der Waals surface area contributed by atoms with Crippen molar-refractivity contribution in [2.24, 2.45) is 0 Å². The first-order valence-electron chi connectivity index (χ1n) is 8.29. The fraction of sp³-hybridized carbons (Fsp3) is 0.500. The molecule has 1 aromatic carbocycles. The minimum atomic E-state index is -0.331. The molecule has 0 saturated carbocycles. The van der Waals surface area contributed by atoms with Gasteiger partial charge in [0.15, 0.2) is 0 Å². The van der Waals surface area contributed by atoms with Crippen LogP contribution in [0.3, 0.4) is 0 Å². The molecule has 1 saturated heterocycles. The largest absolute Gasteiger partial charge is 0.498 e. The molecule has 0 bridgehead atoms. The maximum absolute atomic E-state index is 6.06. The molecule has 3 rings (SSSR count). The van der Waals surface area contributed by atoms with Crippen LogP contribution in [-0.4, -0.2) is 28.1 Å². The zero-order chi connectivity index (χ0) is 16.5. The Morgan fingerprint density at radius 2 is 1.70 bits per heavy atom. The van der Waals surface area contributed by atoms with E-state index >= 15 is 0 Å². The van der Waals surface area contributed by atoms with E-state index in [0.717, 1.165) is 24.8 Å². The van der Waals surface area contributed by atoms with Crippen molar-refractivity contribution in [2.75, 3.05) is 0 Å². The molecule has 1 aliphatic rings. The van der Waals surface area contributed by atoms with Crippen LogP contribution in [0.15, 0.2) is 42.7 Å². The van der Waals surface area contributed by atoms with Crippen molar-refractivity contribution in [3.8, 4) is 0 Å². The summed E-state index contributed by atoms with van der Waals surface area (Å²) in [7, 11) is -0.331. The van der Waals surface area contributed by atoms with E-state index in [9.17, 15) is 0 Å². The second kappa shape index (κ2) is 6.14. The summed E-state index contributed by atoms with van der Waals surface area (Å²) in [5, 5.41) is 4.44. The monoisotopic (exact) mass is 312 g/mol. The second-order valence-corrected chi connectivity index (χ2v) is 7.21. The van der Waals surface area contributed by atoms with Gasteiger partial charge >= 0.3 is 7.12 Å². The molecular formula is C18H25BN2O2. The summed E-state index contributed by atoms with van der Waals surface area (Å²) in [6.45, 7) is 9.16. The van der Waals surface area contributed by atoms with Gasteiger partial charge in [-0.1, -0.05) is 30.3 Å². The first-order valence-corrected chi connectivity index (χ1v) is 8.29. The summed E-state index contributed by atoms with van der Waals surface area (Å²) in [6, 6.07) is 10.5. The van der Waals surface area contributed by atoms with Gasteiger partial charge in [0.25, 0.3) is 0 Å². The first kappa shape index (κ1) is 16.3. The van der Waals surface area contributed by atoms with Crippen LogP contribution in [0.1, 0.15) is 39.7 Å². The molecule has 0 N–H and O–H groups in total. The molecule has 2 heterocycles. The lowest BCUT2D eigenvalue weighted by Gasteiger charge is -2.32. The maximum Gasteiger partial charge on any atom is 0.498 e. The Morgan fingerprint density at radius 1 is 1.04 bits per heavy atom. The van der Waals surface area contributed by atoms with E-state index in [1.165, 1.54) is 5.56 Å². The molecular weight excluding hydrogens is 287 g/mol. The molecule has 23 heavy (non-hydrogen) atoms. The van der Waals surface area contributed by atoms with Crippen molar-refractivity contribution in [3.05, 3.63) is 48.3 Å². The summed E-state index contributed by atoms with van der Waals surface area (Å²) in [6.07, 6.45) is 6.01. The Bertz CT molecular complexity index is 636. The normalized spacial score (nSPS) is 19.2. The van der Waals surface area contributed by atoms with Gasteiger partial charge in [0.05, 0.1) is 11.2 Å². The van der Waals surface area contributed by atoms with E-state index < -0.39 is 0 Å². The maximum atomic E-state index is 6.06. The summed E-state index contributed by atoms with van der Waals surface area (Å²) < 4.78 is 14.1. The van der Waals surface area contributed by atoms with Gasteiger partial charge in [0, 0.05) is 24.4 Å². The molecule has 5 heteroatoms. The number of aryl methyl sites for hydroxylation is 2. The van der Waals surface area contributed by atoms with Crippen LogP contribution in [0, 0.1) is 0 Å². The Morgan fingerprint density at radius 3 is 2.35 bits per heavy atom. The lowest BCUT2D eigenvalue weighted by molar-refractivity contribution is 0.00578. The van der Waals surface area contributed by atoms with Crippen LogP contribution in [0.5, 0.6) is 0 Å². The molecule has 1 aromatic heterocycles. The average molecular weight is 312 g/mol. The van der Waals surface area contributed by atoms with Gasteiger partial charge in [-0.25, -0.2) is 0 Å². The first-order chi connectivity index (χ1) is 10.9. The molecule has 0 radical (unpaired) electrons. The molecule has 4 nitrogen and oxygen atoms in total. The van der Waals surface area contributed by atoms with Gasteiger partial charge < -0.3 is 9.31 Å². The van der Waals surface area contributed by atoms with E-state index in [2.05, 4.69) is 57.1 Å². The number of hydrogen-bond donors (Lipinski definition) is 0. The number of benzene rings is 1. The van der Waals surface area contributed by atoms with Gasteiger partial charge in [0.2, 0.25) is 0 Å². The van der Waals surface area contributed by atoms with E-state index in [1.807, 2.05) is 23.1 Å². The average Bonchev–Trinajstić information content (AvgIpc) is 3.03. The molecule has 122 valence electrons. The predicted octanol–water partition coefficient (Wildman–Crippen LogP) is 2.82. The van der Waals surface area contributed by atoms with Crippen LogP contribution >= 0.6 is 0 Å². The van der Waals surface area contributed by atoms with E-state index in [-0.39, 0.29) is 18.3 Å². The third kappa shape index (κ3) is 3.51. The van der Waals surface area contributed by atoms with Crippen LogP contribution in [0.4, 0.5) is 0 Å². The highest BCUT2D eigenvalue weighted by Gasteiger charge is 2.52. The zero-order valence-electron chi connectivity index (χ0n) is 14.5. The van der Waals surface area contributed by atoms with E-state index in [4.69, 9.17) is 9.31 Å². The lowest BCUT2D eigenvalue weighted by Crippen LogP contribution is -2.41. The van der Waals surface area contributed by atoms with Crippen molar-refractivity contribution in [1.29, 1.82) is 0 Å². The fourth-order valence-electron chi connectivity index (χ4n) is 2.69. The third-order valence-corrected chi connectivity index (χ3v) is 4.87. The molecule has 2 aromatic rings. The van der Waals surface area contributed by atoms with Crippen molar-refractivity contribution in [3.63, 3.8) is 0 Å². The van der Waals surface area contributed by atoms with Gasteiger partial charge in [0.1, 0.15) is 0 Å². The van der Waals surface area contributed by atoms with Crippen LogP contribution in [0.2, 0.25) is 0 Å². The quantitative estimate of drug-likeness (QED) is 0.797. The van der Waals surface area contributed by atoms with Gasteiger partial charge in [-0.05, 0) is 46.1 Å². The second-order valence-electron chi connectivity index (χ2n) is 7.21. The highest BCUT2D eigenvalue weighted by molar-refractivity contribution is 6.61. The van der Waals surface area contributed by atoms with Crippen LogP contribution in [0.25, 0.3) is 0 Å². The van der Waals surface area contributed by atoms with Crippen molar-refractivity contribution in [1.82, 2.24) is 9.78 Å². The molecule has 0 aliphatic carbocycles. The summed E-state index contributed by atoms with van der Waals surface area (Å²) >= 11 is 0. The molecule has 0 atom stereocenters. The SMILES string of the molecule is CC1(C)OB(c2cnn(CCCc3ccccc3)c2)OC1(C)C. The predicted molar refractivity (Wildman–Crippen MR) is 92.7 cm³/mol. The van der Waals surface area contributed by atoms with E-state index in [0.29, 0.717) is 0 Å². The van der Waals surface area contributed by atoms with Gasteiger partial charge in [-0.3, -0.25) is 4.68 Å². The topological polar surface area (TPSA) is 36.3 Å². The highest BCUT2D eigenvalue weighted by atomic mass is 16.7. The van der Waals surface area contributed by atoms with E-state index in [1.54, 1.807) is 0 Å². The zero-order valence-corrected chi connectivity index (χ0v) is 14.5.